The molecule has 7 heteroatoms. The van der Waals surface area contributed by atoms with Crippen molar-refractivity contribution in [1.82, 2.24) is 9.80 Å². The topological polar surface area (TPSA) is 79.0 Å². The van der Waals surface area contributed by atoms with Crippen LogP contribution < -0.4 is 5.32 Å². The first-order chi connectivity index (χ1) is 14.1. The molecule has 1 N–H and O–H groups in total. The Morgan fingerprint density at radius 2 is 1.48 bits per heavy atom. The average molecular weight is 402 g/mol. The van der Waals surface area contributed by atoms with Crippen LogP contribution >= 0.6 is 0 Å². The van der Waals surface area contributed by atoms with Crippen LogP contribution in [-0.2, 0) is 14.3 Å². The fourth-order valence-corrected chi connectivity index (χ4v) is 3.88. The zero-order chi connectivity index (χ0) is 20.5. The van der Waals surface area contributed by atoms with E-state index < -0.39 is 0 Å². The second kappa shape index (κ2) is 10.8. The van der Waals surface area contributed by atoms with Crippen LogP contribution in [0.25, 0.3) is 0 Å². The van der Waals surface area contributed by atoms with Gasteiger partial charge in [-0.2, -0.15) is 0 Å². The van der Waals surface area contributed by atoms with Gasteiger partial charge in [0.15, 0.2) is 6.61 Å². The fourth-order valence-electron chi connectivity index (χ4n) is 3.88. The molecule has 0 radical (unpaired) electrons. The van der Waals surface area contributed by atoms with E-state index in [4.69, 9.17) is 4.74 Å². The van der Waals surface area contributed by atoms with Gasteiger partial charge in [0.25, 0.3) is 5.91 Å². The highest BCUT2D eigenvalue weighted by molar-refractivity contribution is 5.89. The number of hydrogen-bond acceptors (Lipinski definition) is 4. The number of ether oxygens (including phenoxy) is 1. The Morgan fingerprint density at radius 1 is 0.862 bits per heavy atom. The molecule has 2 saturated heterocycles. The molecule has 29 heavy (non-hydrogen) atoms. The maximum atomic E-state index is 12.4. The molecule has 2 aliphatic heterocycles. The number of nitrogens with zero attached hydrogens (tertiary/aromatic N) is 2. The Kier molecular flexibility index (Phi) is 7.90. The summed E-state index contributed by atoms with van der Waals surface area (Å²) in [6.07, 6.45) is 6.68. The summed E-state index contributed by atoms with van der Waals surface area (Å²) >= 11 is 0. The number of amides is 3. The highest BCUT2D eigenvalue weighted by Gasteiger charge is 2.29. The van der Waals surface area contributed by atoms with Gasteiger partial charge in [-0.05, 0) is 37.8 Å². The number of anilines is 1. The SMILES string of the molecule is O=C(OCC(=O)N1CCCCCCC1)C1CCN(C(=O)Nc2ccccc2)CC1. The van der Waals surface area contributed by atoms with Crippen molar-refractivity contribution in [2.24, 2.45) is 5.92 Å². The minimum absolute atomic E-state index is 0.0973. The van der Waals surface area contributed by atoms with Crippen LogP contribution in [-0.4, -0.2) is 60.5 Å². The van der Waals surface area contributed by atoms with Gasteiger partial charge in [-0.15, -0.1) is 0 Å². The van der Waals surface area contributed by atoms with Gasteiger partial charge < -0.3 is 19.9 Å². The number of hydrogen-bond donors (Lipinski definition) is 1. The van der Waals surface area contributed by atoms with Crippen LogP contribution in [0.4, 0.5) is 10.5 Å². The number of likely N-dealkylation sites (tertiary alicyclic amines) is 2. The van der Waals surface area contributed by atoms with Gasteiger partial charge >= 0.3 is 12.0 Å². The van der Waals surface area contributed by atoms with Crippen LogP contribution in [0.3, 0.4) is 0 Å². The first-order valence-electron chi connectivity index (χ1n) is 10.7. The molecule has 0 atom stereocenters. The molecular weight excluding hydrogens is 370 g/mol. The van der Waals surface area contributed by atoms with Gasteiger partial charge in [0, 0.05) is 31.9 Å². The van der Waals surface area contributed by atoms with Gasteiger partial charge in [-0.3, -0.25) is 9.59 Å². The van der Waals surface area contributed by atoms with Crippen molar-refractivity contribution < 1.29 is 19.1 Å². The Morgan fingerprint density at radius 3 is 2.14 bits per heavy atom. The maximum Gasteiger partial charge on any atom is 0.321 e. The standard InChI is InChI=1S/C22H31N3O4/c26-20(24-13-7-2-1-3-8-14-24)17-29-21(27)18-11-15-25(16-12-18)22(28)23-19-9-5-4-6-10-19/h4-6,9-10,18H,1-3,7-8,11-17H2,(H,23,28). The largest absolute Gasteiger partial charge is 0.455 e. The van der Waals surface area contributed by atoms with E-state index in [1.54, 1.807) is 4.90 Å². The smallest absolute Gasteiger partial charge is 0.321 e. The fraction of sp³-hybridized carbons (Fsp3) is 0.591. The molecule has 7 nitrogen and oxygen atoms in total. The number of esters is 1. The van der Waals surface area contributed by atoms with Crippen molar-refractivity contribution in [3.05, 3.63) is 30.3 Å². The second-order valence-corrected chi connectivity index (χ2v) is 7.81. The molecule has 3 amide bonds. The summed E-state index contributed by atoms with van der Waals surface area (Å²) in [4.78, 5) is 40.6. The van der Waals surface area contributed by atoms with Gasteiger partial charge in [-0.1, -0.05) is 37.5 Å². The number of carbonyl (C=O) groups is 3. The van der Waals surface area contributed by atoms with Gasteiger partial charge in [-0.25, -0.2) is 4.79 Å². The molecule has 0 bridgehead atoms. The monoisotopic (exact) mass is 401 g/mol. The summed E-state index contributed by atoms with van der Waals surface area (Å²) in [5.41, 5.74) is 0.752. The number of benzene rings is 1. The summed E-state index contributed by atoms with van der Waals surface area (Å²) in [6.45, 7) is 2.33. The van der Waals surface area contributed by atoms with Gasteiger partial charge in [0.05, 0.1) is 5.92 Å². The Labute approximate surface area is 172 Å². The number of piperidine rings is 1. The Balaban J connectivity index is 1.38. The van der Waals surface area contributed by atoms with Gasteiger partial charge in [0.1, 0.15) is 0 Å². The first kappa shape index (κ1) is 21.1. The van der Waals surface area contributed by atoms with Crippen molar-refractivity contribution in [3.63, 3.8) is 0 Å². The highest BCUT2D eigenvalue weighted by Crippen LogP contribution is 2.20. The molecule has 1 aromatic rings. The lowest BCUT2D eigenvalue weighted by Gasteiger charge is -2.31. The van der Waals surface area contributed by atoms with Crippen molar-refractivity contribution in [2.45, 2.75) is 44.9 Å². The number of rotatable bonds is 4. The normalized spacial score (nSPS) is 18.5. The molecule has 158 valence electrons. The van der Waals surface area contributed by atoms with E-state index in [2.05, 4.69) is 5.32 Å². The van der Waals surface area contributed by atoms with Crippen LogP contribution in [0.5, 0.6) is 0 Å². The molecule has 0 unspecified atom stereocenters. The van der Waals surface area contributed by atoms with Crippen molar-refractivity contribution >= 4 is 23.6 Å². The quantitative estimate of drug-likeness (QED) is 0.786. The summed E-state index contributed by atoms with van der Waals surface area (Å²) in [7, 11) is 0. The third kappa shape index (κ3) is 6.48. The Bertz CT molecular complexity index is 679. The number of carbonyl (C=O) groups excluding carboxylic acids is 3. The molecule has 0 spiro atoms. The molecule has 3 rings (SSSR count). The molecule has 2 heterocycles. The third-order valence-corrected chi connectivity index (χ3v) is 5.69. The average Bonchev–Trinajstić information content (AvgIpc) is 2.72. The Hall–Kier alpha value is -2.57. The number of nitrogens with one attached hydrogen (secondary N) is 1. The lowest BCUT2D eigenvalue weighted by molar-refractivity contribution is -0.156. The predicted octanol–water partition coefficient (Wildman–Crippen LogP) is 3.27. The van der Waals surface area contributed by atoms with E-state index in [1.807, 2.05) is 35.2 Å². The van der Waals surface area contributed by atoms with Crippen molar-refractivity contribution in [1.29, 1.82) is 0 Å². The minimum atomic E-state index is -0.325. The molecule has 1 aromatic carbocycles. The van der Waals surface area contributed by atoms with E-state index >= 15 is 0 Å². The lowest BCUT2D eigenvalue weighted by atomic mass is 9.97. The zero-order valence-corrected chi connectivity index (χ0v) is 17.0. The minimum Gasteiger partial charge on any atom is -0.455 e. The molecule has 2 aliphatic rings. The van der Waals surface area contributed by atoms with Gasteiger partial charge in [0.2, 0.25) is 0 Å². The highest BCUT2D eigenvalue weighted by atomic mass is 16.5. The lowest BCUT2D eigenvalue weighted by Crippen LogP contribution is -2.43. The number of para-hydroxylation sites is 1. The molecule has 0 aromatic heterocycles. The molecule has 0 saturated carbocycles. The van der Waals surface area contributed by atoms with E-state index in [-0.39, 0.29) is 30.4 Å². The molecular formula is C22H31N3O4. The van der Waals surface area contributed by atoms with Crippen molar-refractivity contribution in [3.8, 4) is 0 Å². The third-order valence-electron chi connectivity index (χ3n) is 5.69. The van der Waals surface area contributed by atoms with Crippen LogP contribution in [0.2, 0.25) is 0 Å². The van der Waals surface area contributed by atoms with E-state index in [0.717, 1.165) is 44.5 Å². The number of urea groups is 1. The summed E-state index contributed by atoms with van der Waals surface area (Å²) in [5, 5.41) is 2.86. The van der Waals surface area contributed by atoms with E-state index in [0.29, 0.717) is 25.9 Å². The zero-order valence-electron chi connectivity index (χ0n) is 17.0. The summed E-state index contributed by atoms with van der Waals surface area (Å²) < 4.78 is 5.31. The second-order valence-electron chi connectivity index (χ2n) is 7.81. The molecule has 2 fully saturated rings. The van der Waals surface area contributed by atoms with Crippen LogP contribution in [0, 0.1) is 5.92 Å². The summed E-state index contributed by atoms with van der Waals surface area (Å²) in [5.74, 6) is -0.677. The van der Waals surface area contributed by atoms with E-state index in [9.17, 15) is 14.4 Å². The molecule has 0 aliphatic carbocycles. The van der Waals surface area contributed by atoms with Crippen LogP contribution in [0.1, 0.15) is 44.9 Å². The van der Waals surface area contributed by atoms with E-state index in [1.165, 1.54) is 6.42 Å². The first-order valence-corrected chi connectivity index (χ1v) is 10.7. The predicted molar refractivity (Wildman–Crippen MR) is 110 cm³/mol. The van der Waals surface area contributed by atoms with Crippen molar-refractivity contribution in [2.75, 3.05) is 38.1 Å². The summed E-state index contributed by atoms with van der Waals surface area (Å²) in [6, 6.07) is 9.15. The van der Waals surface area contributed by atoms with Crippen LogP contribution in [0.15, 0.2) is 30.3 Å². The maximum absolute atomic E-state index is 12.4.